The molecule has 5 nitrogen and oxygen atoms in total. The van der Waals surface area contributed by atoms with E-state index in [1.54, 1.807) is 0 Å². The van der Waals surface area contributed by atoms with Gasteiger partial charge in [0, 0.05) is 12.7 Å². The number of nitrogens with two attached hydrogens (primary N) is 1. The van der Waals surface area contributed by atoms with E-state index in [9.17, 15) is 0 Å². The van der Waals surface area contributed by atoms with Crippen molar-refractivity contribution in [3.63, 3.8) is 0 Å². The largest absolute Gasteiger partial charge is 0.368 e. The number of anilines is 1. The zero-order valence-corrected chi connectivity index (χ0v) is 9.14. The van der Waals surface area contributed by atoms with Crippen LogP contribution in [-0.2, 0) is 19.4 Å². The lowest BCUT2D eigenvalue weighted by molar-refractivity contribution is 0.759. The van der Waals surface area contributed by atoms with E-state index in [-0.39, 0.29) is 0 Å². The number of hydrogen-bond acceptors (Lipinski definition) is 4. The van der Waals surface area contributed by atoms with Crippen LogP contribution in [0.25, 0.3) is 11.4 Å². The number of imidazole rings is 1. The molecule has 0 aromatic carbocycles. The van der Waals surface area contributed by atoms with Crippen LogP contribution < -0.4 is 5.73 Å². The normalized spacial score (nSPS) is 13.3. The molecule has 16 heavy (non-hydrogen) atoms. The van der Waals surface area contributed by atoms with Gasteiger partial charge in [-0.15, -0.1) is 0 Å². The molecular formula is C11H13N5. The van der Waals surface area contributed by atoms with E-state index in [0.29, 0.717) is 5.95 Å². The average molecular weight is 215 g/mol. The maximum atomic E-state index is 5.65. The van der Waals surface area contributed by atoms with Crippen molar-refractivity contribution < 1.29 is 0 Å². The first-order chi connectivity index (χ1) is 7.79. The molecule has 0 radical (unpaired) electrons. The van der Waals surface area contributed by atoms with E-state index in [2.05, 4.69) is 26.4 Å². The second kappa shape index (κ2) is 3.30. The maximum Gasteiger partial charge on any atom is 0.220 e. The van der Waals surface area contributed by atoms with Gasteiger partial charge in [-0.1, -0.05) is 0 Å². The molecule has 3 rings (SSSR count). The number of hydrogen-bond donors (Lipinski definition) is 1. The lowest BCUT2D eigenvalue weighted by Crippen LogP contribution is -2.11. The van der Waals surface area contributed by atoms with Gasteiger partial charge in [0.25, 0.3) is 0 Å². The third-order valence-corrected chi connectivity index (χ3v) is 2.99. The molecule has 0 saturated carbocycles. The number of aromatic nitrogens is 4. The van der Waals surface area contributed by atoms with Crippen LogP contribution in [0.5, 0.6) is 0 Å². The first kappa shape index (κ1) is 9.33. The van der Waals surface area contributed by atoms with Gasteiger partial charge in [-0.25, -0.2) is 15.0 Å². The number of aryl methyl sites for hydroxylation is 3. The van der Waals surface area contributed by atoms with Crippen molar-refractivity contribution in [3.05, 3.63) is 23.8 Å². The zero-order chi connectivity index (χ0) is 11.1. The van der Waals surface area contributed by atoms with Gasteiger partial charge in [0.05, 0.1) is 23.4 Å². The topological polar surface area (TPSA) is 69.6 Å². The lowest BCUT2D eigenvalue weighted by atomic mass is 9.98. The summed E-state index contributed by atoms with van der Waals surface area (Å²) in [5.41, 5.74) is 9.99. The Hall–Kier alpha value is -1.91. The van der Waals surface area contributed by atoms with E-state index in [1.807, 2.05) is 12.5 Å². The second-order valence-electron chi connectivity index (χ2n) is 3.93. The first-order valence-electron chi connectivity index (χ1n) is 5.45. The van der Waals surface area contributed by atoms with E-state index < -0.39 is 0 Å². The van der Waals surface area contributed by atoms with Gasteiger partial charge in [-0.05, 0) is 25.3 Å². The van der Waals surface area contributed by atoms with E-state index in [0.717, 1.165) is 42.0 Å². The number of nitrogens with zero attached hydrogens (tertiary/aromatic N) is 4. The summed E-state index contributed by atoms with van der Waals surface area (Å²) in [6.45, 7) is 2.99. The van der Waals surface area contributed by atoms with Crippen LogP contribution in [0.15, 0.2) is 12.5 Å². The molecule has 0 saturated heterocycles. The SMILES string of the molecule is CCn1cnc2c1-c1nc(N)ncc1CC2. The molecule has 2 heterocycles. The van der Waals surface area contributed by atoms with Gasteiger partial charge in [-0.2, -0.15) is 0 Å². The summed E-state index contributed by atoms with van der Waals surface area (Å²) in [6, 6.07) is 0. The van der Waals surface area contributed by atoms with Crippen molar-refractivity contribution >= 4 is 5.95 Å². The highest BCUT2D eigenvalue weighted by atomic mass is 15.1. The minimum atomic E-state index is 0.329. The maximum absolute atomic E-state index is 5.65. The molecule has 2 aromatic rings. The van der Waals surface area contributed by atoms with Crippen LogP contribution in [0.2, 0.25) is 0 Å². The van der Waals surface area contributed by atoms with Crippen LogP contribution in [0.4, 0.5) is 5.95 Å². The lowest BCUT2D eigenvalue weighted by Gasteiger charge is -2.16. The molecule has 5 heteroatoms. The number of rotatable bonds is 1. The van der Waals surface area contributed by atoms with Gasteiger partial charge >= 0.3 is 0 Å². The van der Waals surface area contributed by atoms with E-state index in [1.165, 1.54) is 0 Å². The van der Waals surface area contributed by atoms with Crippen LogP contribution in [-0.4, -0.2) is 19.5 Å². The minimum absolute atomic E-state index is 0.329. The fraction of sp³-hybridized carbons (Fsp3) is 0.364. The van der Waals surface area contributed by atoms with Crippen LogP contribution in [0, 0.1) is 0 Å². The van der Waals surface area contributed by atoms with Crippen LogP contribution >= 0.6 is 0 Å². The summed E-state index contributed by atoms with van der Waals surface area (Å²) < 4.78 is 2.11. The third-order valence-electron chi connectivity index (χ3n) is 2.99. The third kappa shape index (κ3) is 1.21. The fourth-order valence-electron chi connectivity index (χ4n) is 2.18. The van der Waals surface area contributed by atoms with Crippen molar-refractivity contribution in [2.75, 3.05) is 5.73 Å². The Labute approximate surface area is 93.4 Å². The first-order valence-corrected chi connectivity index (χ1v) is 5.45. The summed E-state index contributed by atoms with van der Waals surface area (Å²) in [4.78, 5) is 12.8. The van der Waals surface area contributed by atoms with Gasteiger partial charge in [0.15, 0.2) is 0 Å². The molecular weight excluding hydrogens is 202 g/mol. The Morgan fingerprint density at radius 2 is 2.25 bits per heavy atom. The van der Waals surface area contributed by atoms with E-state index >= 15 is 0 Å². The molecule has 0 bridgehead atoms. The molecule has 1 aliphatic carbocycles. The van der Waals surface area contributed by atoms with Crippen molar-refractivity contribution in [1.29, 1.82) is 0 Å². The van der Waals surface area contributed by atoms with Crippen molar-refractivity contribution in [2.24, 2.45) is 0 Å². The monoisotopic (exact) mass is 215 g/mol. The highest BCUT2D eigenvalue weighted by Crippen LogP contribution is 2.31. The quantitative estimate of drug-likeness (QED) is 0.771. The number of nitrogen functional groups attached to an aromatic ring is 1. The Bertz CT molecular complexity index is 530. The summed E-state index contributed by atoms with van der Waals surface area (Å²) in [6.07, 6.45) is 5.61. The Morgan fingerprint density at radius 3 is 3.06 bits per heavy atom. The molecule has 0 fully saturated rings. The van der Waals surface area contributed by atoms with Gasteiger partial charge in [0.2, 0.25) is 5.95 Å². The second-order valence-corrected chi connectivity index (χ2v) is 3.93. The van der Waals surface area contributed by atoms with E-state index in [4.69, 9.17) is 5.73 Å². The Balaban J connectivity index is 2.27. The molecule has 0 aliphatic heterocycles. The van der Waals surface area contributed by atoms with Crippen LogP contribution in [0.3, 0.4) is 0 Å². The van der Waals surface area contributed by atoms with Crippen molar-refractivity contribution in [2.45, 2.75) is 26.3 Å². The minimum Gasteiger partial charge on any atom is -0.368 e. The number of fused-ring (bicyclic) bond motifs is 3. The summed E-state index contributed by atoms with van der Waals surface area (Å²) in [5, 5.41) is 0. The zero-order valence-electron chi connectivity index (χ0n) is 9.14. The summed E-state index contributed by atoms with van der Waals surface area (Å²) >= 11 is 0. The van der Waals surface area contributed by atoms with Gasteiger partial charge < -0.3 is 10.3 Å². The highest BCUT2D eigenvalue weighted by Gasteiger charge is 2.22. The molecule has 0 amide bonds. The van der Waals surface area contributed by atoms with Gasteiger partial charge in [0.1, 0.15) is 0 Å². The standard InChI is InChI=1S/C11H13N5/c1-2-16-6-14-8-4-3-7-5-13-11(12)15-9(7)10(8)16/h5-6H,2-4H2,1H3,(H2,12,13,15). The predicted molar refractivity (Wildman–Crippen MR) is 60.7 cm³/mol. The van der Waals surface area contributed by atoms with Gasteiger partial charge in [-0.3, -0.25) is 0 Å². The molecule has 2 N–H and O–H groups in total. The van der Waals surface area contributed by atoms with Crippen molar-refractivity contribution in [3.8, 4) is 11.4 Å². The molecule has 2 aromatic heterocycles. The Kier molecular flexibility index (Phi) is 1.92. The summed E-state index contributed by atoms with van der Waals surface area (Å²) in [7, 11) is 0. The molecule has 0 atom stereocenters. The average Bonchev–Trinajstić information content (AvgIpc) is 2.72. The summed E-state index contributed by atoms with van der Waals surface area (Å²) in [5.74, 6) is 0.329. The molecule has 0 unspecified atom stereocenters. The highest BCUT2D eigenvalue weighted by molar-refractivity contribution is 5.65. The Morgan fingerprint density at radius 1 is 1.38 bits per heavy atom. The fourth-order valence-corrected chi connectivity index (χ4v) is 2.18. The predicted octanol–water partition coefficient (Wildman–Crippen LogP) is 1.04. The molecule has 1 aliphatic rings. The smallest absolute Gasteiger partial charge is 0.220 e. The molecule has 82 valence electrons. The van der Waals surface area contributed by atoms with Crippen molar-refractivity contribution in [1.82, 2.24) is 19.5 Å². The molecule has 0 spiro atoms. The van der Waals surface area contributed by atoms with Crippen LogP contribution in [0.1, 0.15) is 18.2 Å².